The monoisotopic (exact) mass is 363 g/mol. The molecule has 0 aliphatic carbocycles. The number of phenols is 1. The van der Waals surface area contributed by atoms with E-state index in [1.54, 1.807) is 24.1 Å². The number of aromatic hydroxyl groups is 1. The normalized spacial score (nSPS) is 12.3. The summed E-state index contributed by atoms with van der Waals surface area (Å²) in [6, 6.07) is 10.3. The Balaban J connectivity index is 1.77. The fourth-order valence-corrected chi connectivity index (χ4v) is 2.63. The second-order valence-corrected chi connectivity index (χ2v) is 5.93. The van der Waals surface area contributed by atoms with E-state index in [1.807, 2.05) is 18.2 Å². The van der Waals surface area contributed by atoms with Gasteiger partial charge in [0.15, 0.2) is 11.5 Å². The minimum Gasteiger partial charge on any atom is -0.507 e. The molecular weight excluding hydrogens is 350 g/mol. The molecule has 0 spiro atoms. The molecule has 0 fully saturated rings. The number of ether oxygens (including phenoxy) is 2. The number of fused-ring (bicyclic) bond motifs is 1. The number of rotatable bonds is 3. The van der Waals surface area contributed by atoms with E-state index in [4.69, 9.17) is 9.47 Å². The average Bonchev–Trinajstić information content (AvgIpc) is 2.96. The molecule has 2 aromatic rings. The molecule has 1 aliphatic heterocycles. The van der Waals surface area contributed by atoms with Crippen molar-refractivity contribution < 1.29 is 19.4 Å². The number of halogens is 1. The second-order valence-electron chi connectivity index (χ2n) is 5.01. The highest BCUT2D eigenvalue weighted by Gasteiger charge is 2.18. The maximum Gasteiger partial charge on any atom is 0.257 e. The lowest BCUT2D eigenvalue weighted by atomic mass is 10.1. The zero-order valence-electron chi connectivity index (χ0n) is 11.9. The van der Waals surface area contributed by atoms with Crippen molar-refractivity contribution in [3.05, 3.63) is 52.0 Å². The van der Waals surface area contributed by atoms with Crippen LogP contribution < -0.4 is 9.47 Å². The van der Waals surface area contributed by atoms with E-state index in [1.165, 1.54) is 6.07 Å². The molecule has 0 radical (unpaired) electrons. The van der Waals surface area contributed by atoms with Crippen LogP contribution >= 0.6 is 15.9 Å². The average molecular weight is 364 g/mol. The van der Waals surface area contributed by atoms with Gasteiger partial charge in [0.1, 0.15) is 5.75 Å². The summed E-state index contributed by atoms with van der Waals surface area (Å²) < 4.78 is 11.3. The first-order valence-electron chi connectivity index (χ1n) is 6.67. The zero-order valence-corrected chi connectivity index (χ0v) is 13.5. The standard InChI is InChI=1S/C16H14BrNO4/c1-18(16(20)12-7-11(17)3-4-13(12)19)8-10-2-5-14-15(6-10)22-9-21-14/h2-7,19H,8-9H2,1H3. The molecule has 1 heterocycles. The summed E-state index contributed by atoms with van der Waals surface area (Å²) in [6.07, 6.45) is 0. The number of phenolic OH excluding ortho intramolecular Hbond substituents is 1. The summed E-state index contributed by atoms with van der Waals surface area (Å²) in [6.45, 7) is 0.626. The van der Waals surface area contributed by atoms with Crippen LogP contribution in [0.4, 0.5) is 0 Å². The summed E-state index contributed by atoms with van der Waals surface area (Å²) in [5.74, 6) is 1.10. The van der Waals surface area contributed by atoms with Gasteiger partial charge in [0.05, 0.1) is 5.56 Å². The summed E-state index contributed by atoms with van der Waals surface area (Å²) in [5.41, 5.74) is 1.19. The number of carbonyl (C=O) groups excluding carboxylic acids is 1. The summed E-state index contributed by atoms with van der Waals surface area (Å²) >= 11 is 3.30. The zero-order chi connectivity index (χ0) is 15.7. The van der Waals surface area contributed by atoms with Gasteiger partial charge in [-0.1, -0.05) is 22.0 Å². The van der Waals surface area contributed by atoms with Crippen LogP contribution in [0.3, 0.4) is 0 Å². The van der Waals surface area contributed by atoms with Gasteiger partial charge < -0.3 is 19.5 Å². The third-order valence-corrected chi connectivity index (χ3v) is 3.89. The molecule has 0 aromatic heterocycles. The Labute approximate surface area is 136 Å². The number of benzene rings is 2. The second kappa shape index (κ2) is 5.88. The summed E-state index contributed by atoms with van der Waals surface area (Å²) in [4.78, 5) is 14.0. The van der Waals surface area contributed by atoms with Crippen molar-refractivity contribution in [2.45, 2.75) is 6.54 Å². The number of hydrogen-bond donors (Lipinski definition) is 1. The Bertz CT molecular complexity index is 732. The van der Waals surface area contributed by atoms with Gasteiger partial charge in [-0.15, -0.1) is 0 Å². The highest BCUT2D eigenvalue weighted by molar-refractivity contribution is 9.10. The minimum atomic E-state index is -0.253. The molecule has 3 rings (SSSR count). The lowest BCUT2D eigenvalue weighted by Gasteiger charge is -2.18. The first-order chi connectivity index (χ1) is 10.5. The summed E-state index contributed by atoms with van der Waals surface area (Å²) in [5, 5.41) is 9.84. The van der Waals surface area contributed by atoms with Crippen LogP contribution in [-0.2, 0) is 6.54 Å². The lowest BCUT2D eigenvalue weighted by molar-refractivity contribution is 0.0782. The molecule has 2 aromatic carbocycles. The maximum absolute atomic E-state index is 12.4. The van der Waals surface area contributed by atoms with Gasteiger partial charge in [-0.05, 0) is 35.9 Å². The molecule has 1 aliphatic rings. The molecule has 0 saturated carbocycles. The van der Waals surface area contributed by atoms with Crippen molar-refractivity contribution in [3.8, 4) is 17.2 Å². The number of carbonyl (C=O) groups is 1. The van der Waals surface area contributed by atoms with Gasteiger partial charge in [0, 0.05) is 18.1 Å². The largest absolute Gasteiger partial charge is 0.507 e. The Hall–Kier alpha value is -2.21. The highest BCUT2D eigenvalue weighted by atomic mass is 79.9. The van der Waals surface area contributed by atoms with Gasteiger partial charge in [0.2, 0.25) is 6.79 Å². The quantitative estimate of drug-likeness (QED) is 0.909. The predicted octanol–water partition coefficient (Wildman–Crippen LogP) is 3.16. The molecule has 0 bridgehead atoms. The molecule has 0 saturated heterocycles. The maximum atomic E-state index is 12.4. The third kappa shape index (κ3) is 2.87. The van der Waals surface area contributed by atoms with Crippen LogP contribution in [0.2, 0.25) is 0 Å². The molecule has 1 amide bonds. The fourth-order valence-electron chi connectivity index (χ4n) is 2.27. The number of nitrogens with zero attached hydrogens (tertiary/aromatic N) is 1. The molecule has 114 valence electrons. The molecule has 6 heteroatoms. The Kier molecular flexibility index (Phi) is 3.94. The Morgan fingerprint density at radius 1 is 1.23 bits per heavy atom. The van der Waals surface area contributed by atoms with Crippen LogP contribution in [-0.4, -0.2) is 29.8 Å². The van der Waals surface area contributed by atoms with E-state index < -0.39 is 0 Å². The van der Waals surface area contributed by atoms with Crippen LogP contribution in [0.25, 0.3) is 0 Å². The van der Waals surface area contributed by atoms with Crippen LogP contribution in [0.15, 0.2) is 40.9 Å². The van der Waals surface area contributed by atoms with E-state index in [0.29, 0.717) is 18.0 Å². The lowest BCUT2D eigenvalue weighted by Crippen LogP contribution is -2.26. The van der Waals surface area contributed by atoms with Crippen molar-refractivity contribution in [1.29, 1.82) is 0 Å². The van der Waals surface area contributed by atoms with Gasteiger partial charge in [-0.2, -0.15) is 0 Å². The molecule has 0 atom stereocenters. The molecule has 0 unspecified atom stereocenters. The van der Waals surface area contributed by atoms with Crippen molar-refractivity contribution in [3.63, 3.8) is 0 Å². The van der Waals surface area contributed by atoms with Gasteiger partial charge >= 0.3 is 0 Å². The van der Waals surface area contributed by atoms with Crippen LogP contribution in [0.1, 0.15) is 15.9 Å². The van der Waals surface area contributed by atoms with E-state index in [2.05, 4.69) is 15.9 Å². The van der Waals surface area contributed by atoms with E-state index >= 15 is 0 Å². The topological polar surface area (TPSA) is 59.0 Å². The highest BCUT2D eigenvalue weighted by Crippen LogP contribution is 2.33. The van der Waals surface area contributed by atoms with E-state index in [-0.39, 0.29) is 24.0 Å². The SMILES string of the molecule is CN(Cc1ccc2c(c1)OCO2)C(=O)c1cc(Br)ccc1O. The molecule has 22 heavy (non-hydrogen) atoms. The van der Waals surface area contributed by atoms with Crippen molar-refractivity contribution in [2.75, 3.05) is 13.8 Å². The fraction of sp³-hybridized carbons (Fsp3) is 0.188. The molecular formula is C16H14BrNO4. The van der Waals surface area contributed by atoms with E-state index in [0.717, 1.165) is 10.0 Å². The smallest absolute Gasteiger partial charge is 0.257 e. The number of hydrogen-bond acceptors (Lipinski definition) is 4. The summed E-state index contributed by atoms with van der Waals surface area (Å²) in [7, 11) is 1.69. The molecule has 1 N–H and O–H groups in total. The first-order valence-corrected chi connectivity index (χ1v) is 7.46. The Morgan fingerprint density at radius 3 is 2.82 bits per heavy atom. The van der Waals surface area contributed by atoms with Crippen LogP contribution in [0.5, 0.6) is 17.2 Å². The molecule has 5 nitrogen and oxygen atoms in total. The van der Waals surface area contributed by atoms with Crippen molar-refractivity contribution in [1.82, 2.24) is 4.90 Å². The predicted molar refractivity (Wildman–Crippen MR) is 84.2 cm³/mol. The van der Waals surface area contributed by atoms with Gasteiger partial charge in [-0.25, -0.2) is 0 Å². The number of amides is 1. The van der Waals surface area contributed by atoms with Gasteiger partial charge in [0.25, 0.3) is 5.91 Å². The van der Waals surface area contributed by atoms with E-state index in [9.17, 15) is 9.90 Å². The Morgan fingerprint density at radius 2 is 2.00 bits per heavy atom. The van der Waals surface area contributed by atoms with Crippen LogP contribution in [0, 0.1) is 0 Å². The minimum absolute atomic E-state index is 0.0364. The first kappa shape index (κ1) is 14.7. The van der Waals surface area contributed by atoms with Gasteiger partial charge in [-0.3, -0.25) is 4.79 Å². The third-order valence-electron chi connectivity index (χ3n) is 3.39. The van der Waals surface area contributed by atoms with Crippen molar-refractivity contribution in [2.24, 2.45) is 0 Å². The van der Waals surface area contributed by atoms with Crippen molar-refractivity contribution >= 4 is 21.8 Å².